The Labute approximate surface area is 84.3 Å². The Balaban J connectivity index is 2.55. The molecule has 0 fully saturated rings. The average molecular weight is 189 g/mol. The van der Waals surface area contributed by atoms with Crippen LogP contribution in [0, 0.1) is 5.41 Å². The number of benzene rings is 1. The summed E-state index contributed by atoms with van der Waals surface area (Å²) in [6.45, 7) is 6.09. The molecule has 2 rings (SSSR count). The number of carbonyl (C=O) groups is 1. The normalized spacial score (nSPS) is 23.9. The van der Waals surface area contributed by atoms with Crippen LogP contribution in [0.5, 0.6) is 0 Å². The third kappa shape index (κ3) is 1.14. The first-order valence-corrected chi connectivity index (χ1v) is 4.94. The highest BCUT2D eigenvalue weighted by Crippen LogP contribution is 2.42. The summed E-state index contributed by atoms with van der Waals surface area (Å²) in [6.07, 6.45) is 0. The Hall–Kier alpha value is -1.31. The topological polar surface area (TPSA) is 29.1 Å². The zero-order chi connectivity index (χ0) is 10.3. The molecule has 2 nitrogen and oxygen atoms in total. The molecule has 1 N–H and O–H groups in total. The molecule has 0 aliphatic carbocycles. The van der Waals surface area contributed by atoms with Gasteiger partial charge in [-0.15, -0.1) is 0 Å². The van der Waals surface area contributed by atoms with Crippen LogP contribution in [0.4, 0.5) is 5.69 Å². The number of amides is 1. The van der Waals surface area contributed by atoms with E-state index in [0.29, 0.717) is 0 Å². The predicted octanol–water partition coefficient (Wildman–Crippen LogP) is 2.77. The van der Waals surface area contributed by atoms with Gasteiger partial charge >= 0.3 is 0 Å². The van der Waals surface area contributed by atoms with E-state index in [9.17, 15) is 4.79 Å². The van der Waals surface area contributed by atoms with Gasteiger partial charge < -0.3 is 5.32 Å². The molecule has 14 heavy (non-hydrogen) atoms. The van der Waals surface area contributed by atoms with Crippen LogP contribution in [-0.2, 0) is 4.79 Å². The number of hydrogen-bond donors (Lipinski definition) is 1. The number of nitrogens with one attached hydrogen (secondary N) is 1. The molecule has 1 aliphatic rings. The van der Waals surface area contributed by atoms with Gasteiger partial charge in [0.15, 0.2) is 0 Å². The second kappa shape index (κ2) is 2.84. The van der Waals surface area contributed by atoms with Gasteiger partial charge in [0, 0.05) is 5.69 Å². The van der Waals surface area contributed by atoms with E-state index >= 15 is 0 Å². The molecule has 1 amide bonds. The van der Waals surface area contributed by atoms with Crippen molar-refractivity contribution in [3.05, 3.63) is 29.8 Å². The van der Waals surface area contributed by atoms with E-state index in [4.69, 9.17) is 0 Å². The number of carbonyl (C=O) groups excluding carboxylic acids is 1. The number of hydrogen-bond acceptors (Lipinski definition) is 1. The zero-order valence-electron chi connectivity index (χ0n) is 8.79. The smallest absolute Gasteiger partial charge is 0.230 e. The van der Waals surface area contributed by atoms with Crippen molar-refractivity contribution in [2.24, 2.45) is 5.41 Å². The van der Waals surface area contributed by atoms with Crippen LogP contribution in [0.15, 0.2) is 24.3 Å². The van der Waals surface area contributed by atoms with E-state index < -0.39 is 0 Å². The Bertz CT molecular complexity index is 382. The largest absolute Gasteiger partial charge is 0.325 e. The van der Waals surface area contributed by atoms with Crippen molar-refractivity contribution in [1.82, 2.24) is 0 Å². The summed E-state index contributed by atoms with van der Waals surface area (Å²) in [5, 5.41) is 2.94. The maximum Gasteiger partial charge on any atom is 0.230 e. The van der Waals surface area contributed by atoms with Gasteiger partial charge in [0.1, 0.15) is 0 Å². The Morgan fingerprint density at radius 3 is 2.64 bits per heavy atom. The number of para-hydroxylation sites is 1. The first kappa shape index (κ1) is 9.25. The standard InChI is InChI=1S/C12H15NO/c1-8-9-6-4-5-7-10(9)13-11(14)12(8,2)3/h4-8H,1-3H3,(H,13,14)/t8-/m1/s1. The summed E-state index contributed by atoms with van der Waals surface area (Å²) in [5.41, 5.74) is 1.88. The second-order valence-corrected chi connectivity index (χ2v) is 4.48. The van der Waals surface area contributed by atoms with E-state index in [1.165, 1.54) is 5.56 Å². The molecule has 0 unspecified atom stereocenters. The van der Waals surface area contributed by atoms with Crippen LogP contribution in [-0.4, -0.2) is 5.91 Å². The Morgan fingerprint density at radius 2 is 1.93 bits per heavy atom. The molecule has 0 saturated carbocycles. The van der Waals surface area contributed by atoms with Crippen LogP contribution in [0.3, 0.4) is 0 Å². The van der Waals surface area contributed by atoms with Crippen LogP contribution in [0.1, 0.15) is 32.3 Å². The van der Waals surface area contributed by atoms with E-state index in [0.717, 1.165) is 5.69 Å². The first-order chi connectivity index (χ1) is 6.53. The molecule has 0 spiro atoms. The van der Waals surface area contributed by atoms with Gasteiger partial charge in [0.25, 0.3) is 0 Å². The highest BCUT2D eigenvalue weighted by Gasteiger charge is 2.39. The summed E-state index contributed by atoms with van der Waals surface area (Å²) in [7, 11) is 0. The zero-order valence-corrected chi connectivity index (χ0v) is 8.79. The van der Waals surface area contributed by atoms with Gasteiger partial charge in [-0.05, 0) is 17.5 Å². The van der Waals surface area contributed by atoms with E-state index in [2.05, 4.69) is 18.3 Å². The van der Waals surface area contributed by atoms with Gasteiger partial charge in [0.05, 0.1) is 5.41 Å². The molecular formula is C12H15NO. The fourth-order valence-corrected chi connectivity index (χ4v) is 1.86. The maximum atomic E-state index is 11.8. The van der Waals surface area contributed by atoms with Crippen molar-refractivity contribution >= 4 is 11.6 Å². The molecule has 1 atom stereocenters. The molecule has 1 aliphatic heterocycles. The molecule has 0 radical (unpaired) electrons. The van der Waals surface area contributed by atoms with Gasteiger partial charge in [-0.25, -0.2) is 0 Å². The molecule has 1 aromatic carbocycles. The van der Waals surface area contributed by atoms with E-state index in [1.807, 2.05) is 32.0 Å². The monoisotopic (exact) mass is 189 g/mol. The lowest BCUT2D eigenvalue weighted by molar-refractivity contribution is -0.125. The molecule has 0 bridgehead atoms. The molecule has 74 valence electrons. The molecule has 0 aromatic heterocycles. The lowest BCUT2D eigenvalue weighted by Gasteiger charge is -2.36. The highest BCUT2D eigenvalue weighted by atomic mass is 16.2. The van der Waals surface area contributed by atoms with Gasteiger partial charge in [0.2, 0.25) is 5.91 Å². The Morgan fingerprint density at radius 1 is 1.29 bits per heavy atom. The minimum atomic E-state index is -0.311. The summed E-state index contributed by atoms with van der Waals surface area (Å²) >= 11 is 0. The molecule has 1 heterocycles. The molecule has 1 aromatic rings. The predicted molar refractivity (Wildman–Crippen MR) is 57.3 cm³/mol. The third-order valence-electron chi connectivity index (χ3n) is 3.34. The third-order valence-corrected chi connectivity index (χ3v) is 3.34. The Kier molecular flexibility index (Phi) is 1.88. The summed E-state index contributed by atoms with van der Waals surface area (Å²) < 4.78 is 0. The molecule has 2 heteroatoms. The van der Waals surface area contributed by atoms with Crippen molar-refractivity contribution in [3.8, 4) is 0 Å². The van der Waals surface area contributed by atoms with Crippen LogP contribution in [0.25, 0.3) is 0 Å². The summed E-state index contributed by atoms with van der Waals surface area (Å²) in [4.78, 5) is 11.8. The lowest BCUT2D eigenvalue weighted by atomic mass is 9.72. The average Bonchev–Trinajstić information content (AvgIpc) is 2.15. The number of fused-ring (bicyclic) bond motifs is 1. The SMILES string of the molecule is C[C@@H]1c2ccccc2NC(=O)C1(C)C. The lowest BCUT2D eigenvalue weighted by Crippen LogP contribution is -2.39. The van der Waals surface area contributed by atoms with Crippen molar-refractivity contribution in [3.63, 3.8) is 0 Å². The minimum absolute atomic E-state index is 0.115. The van der Waals surface area contributed by atoms with Crippen molar-refractivity contribution in [2.75, 3.05) is 5.32 Å². The van der Waals surface area contributed by atoms with E-state index in [1.54, 1.807) is 0 Å². The van der Waals surface area contributed by atoms with Crippen molar-refractivity contribution in [2.45, 2.75) is 26.7 Å². The van der Waals surface area contributed by atoms with Crippen molar-refractivity contribution < 1.29 is 4.79 Å². The van der Waals surface area contributed by atoms with Crippen LogP contribution >= 0.6 is 0 Å². The summed E-state index contributed by atoms with van der Waals surface area (Å²) in [6, 6.07) is 8.01. The van der Waals surface area contributed by atoms with E-state index in [-0.39, 0.29) is 17.2 Å². The first-order valence-electron chi connectivity index (χ1n) is 4.94. The molecular weight excluding hydrogens is 174 g/mol. The molecule has 0 saturated heterocycles. The number of anilines is 1. The summed E-state index contributed by atoms with van der Waals surface area (Å²) in [5.74, 6) is 0.385. The second-order valence-electron chi connectivity index (χ2n) is 4.48. The quantitative estimate of drug-likeness (QED) is 0.668. The van der Waals surface area contributed by atoms with Crippen LogP contribution in [0.2, 0.25) is 0 Å². The fraction of sp³-hybridized carbons (Fsp3) is 0.417. The van der Waals surface area contributed by atoms with Gasteiger partial charge in [-0.1, -0.05) is 39.0 Å². The maximum absolute atomic E-state index is 11.8. The van der Waals surface area contributed by atoms with Gasteiger partial charge in [-0.2, -0.15) is 0 Å². The fourth-order valence-electron chi connectivity index (χ4n) is 1.86. The van der Waals surface area contributed by atoms with Crippen LogP contribution < -0.4 is 5.32 Å². The van der Waals surface area contributed by atoms with Crippen molar-refractivity contribution in [1.29, 1.82) is 0 Å². The highest BCUT2D eigenvalue weighted by molar-refractivity contribution is 5.98. The minimum Gasteiger partial charge on any atom is -0.325 e. The number of rotatable bonds is 0. The van der Waals surface area contributed by atoms with Gasteiger partial charge in [-0.3, -0.25) is 4.79 Å².